The topological polar surface area (TPSA) is 67.3 Å². The van der Waals surface area contributed by atoms with E-state index in [0.29, 0.717) is 12.7 Å². The van der Waals surface area contributed by atoms with E-state index < -0.39 is 0 Å². The Morgan fingerprint density at radius 2 is 2.31 bits per heavy atom. The van der Waals surface area contributed by atoms with Crippen LogP contribution < -0.4 is 0 Å². The standard InChI is InChI=1S/C9H9NO3/c1-2-8(12)6-3-4-9(13)7(5-11)10-6/h3-5,13H,2H2,1H3. The van der Waals surface area contributed by atoms with Gasteiger partial charge in [-0.05, 0) is 12.1 Å². The fourth-order valence-electron chi connectivity index (χ4n) is 0.891. The Morgan fingerprint density at radius 3 is 2.85 bits per heavy atom. The number of hydrogen-bond donors (Lipinski definition) is 1. The summed E-state index contributed by atoms with van der Waals surface area (Å²) in [4.78, 5) is 25.2. The summed E-state index contributed by atoms with van der Waals surface area (Å²) in [5.41, 5.74) is 0.113. The zero-order valence-electron chi connectivity index (χ0n) is 7.15. The van der Waals surface area contributed by atoms with Crippen molar-refractivity contribution in [3.8, 4) is 5.75 Å². The Hall–Kier alpha value is -1.71. The number of carbonyl (C=O) groups excluding carboxylic acids is 2. The third kappa shape index (κ3) is 1.90. The lowest BCUT2D eigenvalue weighted by Crippen LogP contribution is -2.02. The summed E-state index contributed by atoms with van der Waals surface area (Å²) >= 11 is 0. The lowest BCUT2D eigenvalue weighted by molar-refractivity contribution is 0.0983. The molecule has 0 radical (unpaired) electrons. The van der Waals surface area contributed by atoms with E-state index in [-0.39, 0.29) is 22.9 Å². The molecule has 1 aromatic rings. The first-order valence-corrected chi connectivity index (χ1v) is 3.87. The van der Waals surface area contributed by atoms with Crippen LogP contribution in [-0.4, -0.2) is 22.2 Å². The molecule has 0 fully saturated rings. The van der Waals surface area contributed by atoms with Crippen molar-refractivity contribution >= 4 is 12.1 Å². The summed E-state index contributed by atoms with van der Waals surface area (Å²) in [6.45, 7) is 1.71. The van der Waals surface area contributed by atoms with Crippen molar-refractivity contribution in [3.05, 3.63) is 23.5 Å². The fraction of sp³-hybridized carbons (Fsp3) is 0.222. The molecule has 1 rings (SSSR count). The maximum atomic E-state index is 11.1. The fourth-order valence-corrected chi connectivity index (χ4v) is 0.891. The summed E-state index contributed by atoms with van der Waals surface area (Å²) in [5.74, 6) is -0.356. The van der Waals surface area contributed by atoms with Gasteiger partial charge in [-0.1, -0.05) is 6.92 Å². The molecule has 0 amide bonds. The second-order valence-electron chi connectivity index (χ2n) is 2.50. The van der Waals surface area contributed by atoms with Crippen molar-refractivity contribution in [1.82, 2.24) is 4.98 Å². The molecule has 0 aliphatic heterocycles. The highest BCUT2D eigenvalue weighted by Crippen LogP contribution is 2.13. The van der Waals surface area contributed by atoms with Crippen LogP contribution in [0.15, 0.2) is 12.1 Å². The first-order chi connectivity index (χ1) is 6.19. The molecule has 0 aliphatic carbocycles. The molecule has 0 aliphatic rings. The molecule has 0 spiro atoms. The molecule has 0 unspecified atom stereocenters. The maximum absolute atomic E-state index is 11.1. The SMILES string of the molecule is CCC(=O)c1ccc(O)c(C=O)n1. The molecule has 0 saturated heterocycles. The summed E-state index contributed by atoms with van der Waals surface area (Å²) in [6.07, 6.45) is 0.748. The van der Waals surface area contributed by atoms with Gasteiger partial charge in [0.1, 0.15) is 17.1 Å². The largest absolute Gasteiger partial charge is 0.506 e. The van der Waals surface area contributed by atoms with Crippen LogP contribution >= 0.6 is 0 Å². The lowest BCUT2D eigenvalue weighted by atomic mass is 10.2. The van der Waals surface area contributed by atoms with E-state index >= 15 is 0 Å². The predicted molar refractivity (Wildman–Crippen MR) is 45.9 cm³/mol. The Balaban J connectivity index is 3.13. The highest BCUT2D eigenvalue weighted by molar-refractivity contribution is 5.95. The Kier molecular flexibility index (Phi) is 2.74. The third-order valence-corrected chi connectivity index (χ3v) is 1.62. The number of rotatable bonds is 3. The molecule has 0 bridgehead atoms. The van der Waals surface area contributed by atoms with Crippen molar-refractivity contribution in [2.75, 3.05) is 0 Å². The molecule has 0 atom stereocenters. The summed E-state index contributed by atoms with van der Waals surface area (Å²) < 4.78 is 0. The smallest absolute Gasteiger partial charge is 0.180 e. The first kappa shape index (κ1) is 9.38. The van der Waals surface area contributed by atoms with Gasteiger partial charge in [0, 0.05) is 6.42 Å². The Morgan fingerprint density at radius 1 is 1.62 bits per heavy atom. The Bertz CT molecular complexity index is 347. The number of hydrogen-bond acceptors (Lipinski definition) is 4. The van der Waals surface area contributed by atoms with Gasteiger partial charge >= 0.3 is 0 Å². The first-order valence-electron chi connectivity index (χ1n) is 3.87. The number of aromatic hydroxyl groups is 1. The van der Waals surface area contributed by atoms with Crippen molar-refractivity contribution in [2.45, 2.75) is 13.3 Å². The van der Waals surface area contributed by atoms with Crippen LogP contribution in [0.3, 0.4) is 0 Å². The Labute approximate surface area is 75.2 Å². The predicted octanol–water partition coefficient (Wildman–Crippen LogP) is 1.19. The van der Waals surface area contributed by atoms with Crippen LogP contribution in [0.4, 0.5) is 0 Å². The summed E-state index contributed by atoms with van der Waals surface area (Å²) in [6, 6.07) is 2.69. The van der Waals surface area contributed by atoms with Gasteiger partial charge in [-0.2, -0.15) is 0 Å². The minimum atomic E-state index is -0.206. The maximum Gasteiger partial charge on any atom is 0.180 e. The number of ketones is 1. The monoisotopic (exact) mass is 179 g/mol. The van der Waals surface area contributed by atoms with Crippen LogP contribution in [-0.2, 0) is 0 Å². The van der Waals surface area contributed by atoms with Crippen molar-refractivity contribution in [2.24, 2.45) is 0 Å². The van der Waals surface area contributed by atoms with Gasteiger partial charge in [-0.25, -0.2) is 4.98 Å². The van der Waals surface area contributed by atoms with E-state index in [4.69, 9.17) is 5.11 Å². The zero-order chi connectivity index (χ0) is 9.84. The summed E-state index contributed by atoms with van der Waals surface area (Å²) in [7, 11) is 0. The van der Waals surface area contributed by atoms with Gasteiger partial charge < -0.3 is 5.11 Å². The van der Waals surface area contributed by atoms with Crippen molar-refractivity contribution in [3.63, 3.8) is 0 Å². The average Bonchev–Trinajstić information content (AvgIpc) is 2.17. The number of nitrogens with zero attached hydrogens (tertiary/aromatic N) is 1. The third-order valence-electron chi connectivity index (χ3n) is 1.62. The highest BCUT2D eigenvalue weighted by atomic mass is 16.3. The van der Waals surface area contributed by atoms with Gasteiger partial charge in [0.05, 0.1) is 0 Å². The number of pyridine rings is 1. The molecule has 1 N–H and O–H groups in total. The quantitative estimate of drug-likeness (QED) is 0.559. The minimum absolute atomic E-state index is 0.0979. The van der Waals surface area contributed by atoms with Crippen LogP contribution in [0, 0.1) is 0 Å². The molecule has 4 heteroatoms. The number of Topliss-reactive ketones (excluding diaryl/α,β-unsaturated/α-hetero) is 1. The van der Waals surface area contributed by atoms with Crippen molar-refractivity contribution < 1.29 is 14.7 Å². The van der Waals surface area contributed by atoms with Crippen LogP contribution in [0.5, 0.6) is 5.75 Å². The second-order valence-corrected chi connectivity index (χ2v) is 2.50. The number of aromatic nitrogens is 1. The molecule has 0 saturated carbocycles. The van der Waals surface area contributed by atoms with Crippen LogP contribution in [0.25, 0.3) is 0 Å². The molecule has 0 aromatic carbocycles. The number of aldehydes is 1. The normalized spacial score (nSPS) is 9.62. The van der Waals surface area contributed by atoms with E-state index in [1.165, 1.54) is 12.1 Å². The van der Waals surface area contributed by atoms with Gasteiger partial charge in [-0.15, -0.1) is 0 Å². The van der Waals surface area contributed by atoms with E-state index in [0.717, 1.165) is 0 Å². The average molecular weight is 179 g/mol. The lowest BCUT2D eigenvalue weighted by Gasteiger charge is -1.99. The van der Waals surface area contributed by atoms with Gasteiger partial charge in [0.2, 0.25) is 0 Å². The van der Waals surface area contributed by atoms with E-state index in [1.807, 2.05) is 0 Å². The molecule has 1 heterocycles. The molecule has 4 nitrogen and oxygen atoms in total. The zero-order valence-corrected chi connectivity index (χ0v) is 7.15. The van der Waals surface area contributed by atoms with Crippen molar-refractivity contribution in [1.29, 1.82) is 0 Å². The second kappa shape index (κ2) is 3.80. The van der Waals surface area contributed by atoms with Gasteiger partial charge in [-0.3, -0.25) is 9.59 Å². The molecular formula is C9H9NO3. The van der Waals surface area contributed by atoms with Gasteiger partial charge in [0.15, 0.2) is 12.1 Å². The van der Waals surface area contributed by atoms with E-state index in [1.54, 1.807) is 6.92 Å². The van der Waals surface area contributed by atoms with Gasteiger partial charge in [0.25, 0.3) is 0 Å². The molecular weight excluding hydrogens is 170 g/mol. The van der Waals surface area contributed by atoms with Crippen LogP contribution in [0.2, 0.25) is 0 Å². The summed E-state index contributed by atoms with van der Waals surface area (Å²) in [5, 5.41) is 9.08. The van der Waals surface area contributed by atoms with E-state index in [2.05, 4.69) is 4.98 Å². The molecule has 13 heavy (non-hydrogen) atoms. The highest BCUT2D eigenvalue weighted by Gasteiger charge is 2.08. The van der Waals surface area contributed by atoms with Crippen LogP contribution in [0.1, 0.15) is 34.3 Å². The molecule has 68 valence electrons. The minimum Gasteiger partial charge on any atom is -0.506 e. The molecule has 1 aromatic heterocycles. The van der Waals surface area contributed by atoms with E-state index in [9.17, 15) is 9.59 Å². The number of carbonyl (C=O) groups is 2.